The van der Waals surface area contributed by atoms with Crippen molar-refractivity contribution in [3.05, 3.63) is 50.3 Å². The van der Waals surface area contributed by atoms with Crippen LogP contribution in [0.4, 0.5) is 5.69 Å². The minimum absolute atomic E-state index is 0.0736. The Kier molecular flexibility index (Phi) is 4.87. The summed E-state index contributed by atoms with van der Waals surface area (Å²) in [6, 6.07) is 7.39. The predicted octanol–water partition coefficient (Wildman–Crippen LogP) is 3.14. The average molecular weight is 394 g/mol. The van der Waals surface area contributed by atoms with Crippen LogP contribution in [0, 0.1) is 0 Å². The summed E-state index contributed by atoms with van der Waals surface area (Å²) in [4.78, 5) is 31.5. The van der Waals surface area contributed by atoms with Gasteiger partial charge in [0.15, 0.2) is 5.16 Å². The van der Waals surface area contributed by atoms with Crippen molar-refractivity contribution in [2.24, 2.45) is 0 Å². The number of carbonyl (C=O) groups is 1. The van der Waals surface area contributed by atoms with E-state index >= 15 is 0 Å². The van der Waals surface area contributed by atoms with Gasteiger partial charge in [0, 0.05) is 15.7 Å². The summed E-state index contributed by atoms with van der Waals surface area (Å²) >= 11 is 4.62. The third-order valence-electron chi connectivity index (χ3n) is 3.69. The van der Waals surface area contributed by atoms with Gasteiger partial charge in [-0.3, -0.25) is 9.59 Å². The molecule has 1 aromatic heterocycles. The summed E-state index contributed by atoms with van der Waals surface area (Å²) in [6.07, 6.45) is 2.60. The molecule has 1 amide bonds. The Hall–Kier alpha value is -1.60. The maximum atomic E-state index is 12.3. The number of nitrogens with zero attached hydrogens (tertiary/aromatic N) is 1. The molecule has 23 heavy (non-hydrogen) atoms. The molecule has 0 saturated heterocycles. The molecule has 2 aromatic rings. The van der Waals surface area contributed by atoms with Gasteiger partial charge >= 0.3 is 0 Å². The van der Waals surface area contributed by atoms with Gasteiger partial charge < -0.3 is 10.3 Å². The number of carbonyl (C=O) groups excluding carboxylic acids is 1. The largest absolute Gasteiger partial charge is 0.325 e. The second kappa shape index (κ2) is 6.88. The summed E-state index contributed by atoms with van der Waals surface area (Å²) in [5, 5.41) is 3.00. The number of fused-ring (bicyclic) bond motifs is 1. The number of anilines is 1. The molecule has 0 fully saturated rings. The van der Waals surface area contributed by atoms with Crippen LogP contribution in [-0.4, -0.2) is 21.1 Å². The van der Waals surface area contributed by atoms with E-state index < -0.39 is 0 Å². The number of rotatable bonds is 4. The Balaban J connectivity index is 1.68. The Labute approximate surface area is 146 Å². The highest BCUT2D eigenvalue weighted by atomic mass is 79.9. The zero-order valence-corrected chi connectivity index (χ0v) is 15.0. The van der Waals surface area contributed by atoms with Gasteiger partial charge in [-0.2, -0.15) is 0 Å². The van der Waals surface area contributed by atoms with Crippen LogP contribution in [0.5, 0.6) is 0 Å². The number of nitrogens with one attached hydrogen (secondary N) is 2. The molecule has 0 aliphatic heterocycles. The lowest BCUT2D eigenvalue weighted by molar-refractivity contribution is -0.115. The van der Waals surface area contributed by atoms with Gasteiger partial charge in [-0.1, -0.05) is 27.7 Å². The van der Waals surface area contributed by atoms with Gasteiger partial charge in [0.25, 0.3) is 5.56 Å². The number of thioether (sulfide) groups is 1. The van der Waals surface area contributed by atoms with Crippen molar-refractivity contribution in [2.75, 3.05) is 5.32 Å². The van der Waals surface area contributed by atoms with Crippen molar-refractivity contribution in [1.82, 2.24) is 9.97 Å². The number of aromatic amines is 1. The van der Waals surface area contributed by atoms with Gasteiger partial charge in [0.1, 0.15) is 0 Å². The van der Waals surface area contributed by atoms with E-state index in [1.807, 2.05) is 24.3 Å². The third kappa shape index (κ3) is 3.84. The molecule has 7 heteroatoms. The maximum Gasteiger partial charge on any atom is 0.254 e. The molecule has 2 N–H and O–H groups in total. The van der Waals surface area contributed by atoms with E-state index in [9.17, 15) is 9.59 Å². The lowest BCUT2D eigenvalue weighted by Crippen LogP contribution is -2.23. The van der Waals surface area contributed by atoms with Gasteiger partial charge in [0.2, 0.25) is 5.91 Å². The zero-order valence-electron chi connectivity index (χ0n) is 12.6. The van der Waals surface area contributed by atoms with E-state index in [2.05, 4.69) is 31.2 Å². The van der Waals surface area contributed by atoms with E-state index in [4.69, 9.17) is 0 Å². The molecule has 0 saturated carbocycles. The first-order valence-corrected chi connectivity index (χ1v) is 9.05. The van der Waals surface area contributed by atoms with Crippen LogP contribution >= 0.6 is 27.7 Å². The molecule has 0 bridgehead atoms. The van der Waals surface area contributed by atoms with Gasteiger partial charge in [-0.25, -0.2) is 4.98 Å². The van der Waals surface area contributed by atoms with Crippen molar-refractivity contribution in [1.29, 1.82) is 0 Å². The monoisotopic (exact) mass is 393 g/mol. The number of benzene rings is 1. The molecule has 1 aliphatic carbocycles. The first-order valence-electron chi connectivity index (χ1n) is 7.38. The number of H-pyrrole nitrogens is 1. The topological polar surface area (TPSA) is 74.8 Å². The highest BCUT2D eigenvalue weighted by molar-refractivity contribution is 9.10. The van der Waals surface area contributed by atoms with Crippen LogP contribution in [-0.2, 0) is 17.6 Å². The van der Waals surface area contributed by atoms with Crippen LogP contribution in [0.2, 0.25) is 0 Å². The SMILES string of the molecule is C[C@H](Sc1nc2c(c(=O)[nH]1)CCC2)C(=O)Nc1ccc(Br)cc1. The minimum Gasteiger partial charge on any atom is -0.325 e. The van der Waals surface area contributed by atoms with Gasteiger partial charge in [0.05, 0.1) is 10.9 Å². The molecule has 0 spiro atoms. The van der Waals surface area contributed by atoms with Crippen molar-refractivity contribution in [2.45, 2.75) is 36.6 Å². The Morgan fingerprint density at radius 2 is 2.09 bits per heavy atom. The first-order chi connectivity index (χ1) is 11.0. The van der Waals surface area contributed by atoms with Gasteiger partial charge in [-0.05, 0) is 50.5 Å². The lowest BCUT2D eigenvalue weighted by Gasteiger charge is -2.12. The molecule has 3 rings (SSSR count). The number of aromatic nitrogens is 2. The van der Waals surface area contributed by atoms with E-state index in [0.717, 1.165) is 40.7 Å². The van der Waals surface area contributed by atoms with Crippen molar-refractivity contribution in [3.63, 3.8) is 0 Å². The predicted molar refractivity (Wildman–Crippen MR) is 95.0 cm³/mol. The second-order valence-corrected chi connectivity index (χ2v) is 7.65. The summed E-state index contributed by atoms with van der Waals surface area (Å²) < 4.78 is 0.956. The number of halogens is 1. The van der Waals surface area contributed by atoms with Crippen molar-refractivity contribution >= 4 is 39.3 Å². The van der Waals surface area contributed by atoms with Crippen molar-refractivity contribution in [3.8, 4) is 0 Å². The quantitative estimate of drug-likeness (QED) is 0.617. The Morgan fingerprint density at radius 1 is 1.35 bits per heavy atom. The van der Waals surface area contributed by atoms with E-state index in [1.54, 1.807) is 6.92 Å². The molecule has 5 nitrogen and oxygen atoms in total. The van der Waals surface area contributed by atoms with E-state index in [1.165, 1.54) is 11.8 Å². The zero-order chi connectivity index (χ0) is 16.4. The second-order valence-electron chi connectivity index (χ2n) is 5.41. The van der Waals surface area contributed by atoms with Crippen LogP contribution < -0.4 is 10.9 Å². The number of amides is 1. The van der Waals surface area contributed by atoms with Crippen LogP contribution in [0.3, 0.4) is 0 Å². The number of aryl methyl sites for hydroxylation is 1. The fourth-order valence-electron chi connectivity index (χ4n) is 2.47. The number of hydrogen-bond acceptors (Lipinski definition) is 4. The fourth-order valence-corrected chi connectivity index (χ4v) is 3.55. The summed E-state index contributed by atoms with van der Waals surface area (Å²) in [7, 11) is 0. The molecule has 1 heterocycles. The van der Waals surface area contributed by atoms with Crippen LogP contribution in [0.25, 0.3) is 0 Å². The fraction of sp³-hybridized carbons (Fsp3) is 0.312. The highest BCUT2D eigenvalue weighted by Crippen LogP contribution is 2.23. The summed E-state index contributed by atoms with van der Waals surface area (Å²) in [6.45, 7) is 1.80. The molecule has 1 atom stereocenters. The molecule has 0 radical (unpaired) electrons. The molecular formula is C16H16BrN3O2S. The first kappa shape index (κ1) is 16.3. The Bertz CT molecular complexity index is 789. The molecule has 0 unspecified atom stereocenters. The molecule has 120 valence electrons. The number of hydrogen-bond donors (Lipinski definition) is 2. The van der Waals surface area contributed by atoms with Crippen molar-refractivity contribution < 1.29 is 4.79 Å². The average Bonchev–Trinajstić information content (AvgIpc) is 2.98. The molecule has 1 aromatic carbocycles. The summed E-state index contributed by atoms with van der Waals surface area (Å²) in [5.41, 5.74) is 2.33. The standard InChI is InChI=1S/C16H16BrN3O2S/c1-9(14(21)18-11-7-5-10(17)6-8-11)23-16-19-13-4-2-3-12(13)15(22)20-16/h5-9H,2-4H2,1H3,(H,18,21)(H,19,20,22)/t9-/m0/s1. The normalized spacial score (nSPS) is 14.3. The molecule has 1 aliphatic rings. The Morgan fingerprint density at radius 3 is 2.83 bits per heavy atom. The highest BCUT2D eigenvalue weighted by Gasteiger charge is 2.20. The van der Waals surface area contributed by atoms with E-state index in [0.29, 0.717) is 5.16 Å². The maximum absolute atomic E-state index is 12.3. The van der Waals surface area contributed by atoms with E-state index in [-0.39, 0.29) is 16.7 Å². The van der Waals surface area contributed by atoms with Gasteiger partial charge in [-0.15, -0.1) is 0 Å². The van der Waals surface area contributed by atoms with Crippen LogP contribution in [0.1, 0.15) is 24.6 Å². The van der Waals surface area contributed by atoms with Crippen LogP contribution in [0.15, 0.2) is 38.7 Å². The smallest absolute Gasteiger partial charge is 0.254 e. The summed E-state index contributed by atoms with van der Waals surface area (Å²) in [5.74, 6) is -0.125. The molecular weight excluding hydrogens is 378 g/mol. The lowest BCUT2D eigenvalue weighted by atomic mass is 10.3. The third-order valence-corrected chi connectivity index (χ3v) is 5.20. The minimum atomic E-state index is -0.360.